The smallest absolute Gasteiger partial charge is 0.316 e. The molecular weight excluding hydrogens is 208 g/mol. The third-order valence-corrected chi connectivity index (χ3v) is 2.93. The summed E-state index contributed by atoms with van der Waals surface area (Å²) in [4.78, 5) is 22.5. The summed E-state index contributed by atoms with van der Waals surface area (Å²) in [6.07, 6.45) is 1.35. The molecule has 0 aromatic carbocycles. The van der Waals surface area contributed by atoms with Crippen molar-refractivity contribution in [2.75, 3.05) is 7.11 Å². The predicted molar refractivity (Wildman–Crippen MR) is 55.1 cm³/mol. The Morgan fingerprint density at radius 3 is 2.69 bits per heavy atom. The molecule has 5 heteroatoms. The molecule has 0 radical (unpaired) electrons. The van der Waals surface area contributed by atoms with Crippen LogP contribution in [0, 0.1) is 5.92 Å². The number of hydrogen-bond acceptors (Lipinski definition) is 5. The number of hydrogen-bond donors (Lipinski definition) is 2. The van der Waals surface area contributed by atoms with E-state index in [0.717, 1.165) is 0 Å². The Labute approximate surface area is 88.0 Å². The van der Waals surface area contributed by atoms with E-state index >= 15 is 0 Å². The van der Waals surface area contributed by atoms with Crippen molar-refractivity contribution in [3.8, 4) is 0 Å². The number of rotatable bonds is 1. The average Bonchev–Trinajstić information content (AvgIpc) is 2.01. The second kappa shape index (κ2) is 3.92. The van der Waals surface area contributed by atoms with Gasteiger partial charge in [0.2, 0.25) is 0 Å². The van der Waals surface area contributed by atoms with Crippen LogP contribution in [-0.4, -0.2) is 22.9 Å². The Balaban J connectivity index is 2.64. The Kier molecular flexibility index (Phi) is 3.29. The van der Waals surface area contributed by atoms with Crippen LogP contribution in [-0.2, 0) is 14.3 Å². The van der Waals surface area contributed by atoms with Crippen molar-refractivity contribution in [2.24, 2.45) is 5.92 Å². The van der Waals surface area contributed by atoms with Crippen molar-refractivity contribution in [3.63, 3.8) is 0 Å². The van der Waals surface area contributed by atoms with Crippen LogP contribution in [0.1, 0.15) is 19.3 Å². The highest BCUT2D eigenvalue weighted by Gasteiger charge is 2.38. The van der Waals surface area contributed by atoms with E-state index in [1.165, 1.54) is 7.11 Å². The fourth-order valence-electron chi connectivity index (χ4n) is 1.42. The minimum Gasteiger partial charge on any atom is -0.468 e. The van der Waals surface area contributed by atoms with E-state index in [4.69, 9.17) is 0 Å². The molecule has 0 aromatic rings. The SMILES string of the molecule is COC(=O)C1CCC(S)(S)CC1=O. The highest BCUT2D eigenvalue weighted by atomic mass is 32.2. The maximum Gasteiger partial charge on any atom is 0.316 e. The van der Waals surface area contributed by atoms with Gasteiger partial charge in [0.1, 0.15) is 11.7 Å². The number of carbonyl (C=O) groups excluding carboxylic acids is 2. The topological polar surface area (TPSA) is 43.4 Å². The third-order valence-electron chi connectivity index (χ3n) is 2.17. The van der Waals surface area contributed by atoms with Gasteiger partial charge in [0.15, 0.2) is 0 Å². The fraction of sp³-hybridized carbons (Fsp3) is 0.750. The van der Waals surface area contributed by atoms with E-state index in [-0.39, 0.29) is 12.2 Å². The van der Waals surface area contributed by atoms with Crippen molar-refractivity contribution >= 4 is 37.0 Å². The number of thiol groups is 2. The maximum absolute atomic E-state index is 11.4. The summed E-state index contributed by atoms with van der Waals surface area (Å²) >= 11 is 8.41. The summed E-state index contributed by atoms with van der Waals surface area (Å²) in [5.41, 5.74) is 0. The molecule has 0 aliphatic heterocycles. The predicted octanol–water partition coefficient (Wildman–Crippen LogP) is 1.08. The number of esters is 1. The molecule has 1 fully saturated rings. The van der Waals surface area contributed by atoms with Crippen molar-refractivity contribution in [3.05, 3.63) is 0 Å². The maximum atomic E-state index is 11.4. The van der Waals surface area contributed by atoms with Gasteiger partial charge in [-0.25, -0.2) is 0 Å². The Morgan fingerprint density at radius 2 is 2.23 bits per heavy atom. The molecule has 0 bridgehead atoms. The molecular formula is C8H12O3S2. The summed E-state index contributed by atoms with van der Waals surface area (Å²) in [5.74, 6) is -1.16. The number of ether oxygens (including phenoxy) is 1. The van der Waals surface area contributed by atoms with Gasteiger partial charge in [0.25, 0.3) is 0 Å². The van der Waals surface area contributed by atoms with E-state index in [1.807, 2.05) is 0 Å². The van der Waals surface area contributed by atoms with Gasteiger partial charge in [-0.1, -0.05) is 0 Å². The number of carbonyl (C=O) groups is 2. The summed E-state index contributed by atoms with van der Waals surface area (Å²) in [7, 11) is 1.29. The van der Waals surface area contributed by atoms with Crippen LogP contribution in [0.25, 0.3) is 0 Å². The molecule has 13 heavy (non-hydrogen) atoms. The first-order valence-electron chi connectivity index (χ1n) is 4.01. The van der Waals surface area contributed by atoms with E-state index in [0.29, 0.717) is 12.8 Å². The largest absolute Gasteiger partial charge is 0.468 e. The zero-order valence-electron chi connectivity index (χ0n) is 7.32. The van der Waals surface area contributed by atoms with Gasteiger partial charge in [-0.3, -0.25) is 9.59 Å². The lowest BCUT2D eigenvalue weighted by molar-refractivity contribution is -0.150. The molecule has 1 rings (SSSR count). The van der Waals surface area contributed by atoms with Crippen LogP contribution in [0.2, 0.25) is 0 Å². The molecule has 0 saturated heterocycles. The Bertz CT molecular complexity index is 238. The van der Waals surface area contributed by atoms with Gasteiger partial charge in [-0.15, -0.1) is 0 Å². The lowest BCUT2D eigenvalue weighted by atomic mass is 9.87. The van der Waals surface area contributed by atoms with Crippen LogP contribution in [0.15, 0.2) is 0 Å². The minimum atomic E-state index is -0.600. The van der Waals surface area contributed by atoms with Crippen molar-refractivity contribution in [1.82, 2.24) is 0 Å². The number of ketones is 1. The molecule has 1 atom stereocenters. The molecule has 3 nitrogen and oxygen atoms in total. The monoisotopic (exact) mass is 220 g/mol. The summed E-state index contributed by atoms with van der Waals surface area (Å²) in [6.45, 7) is 0. The quantitative estimate of drug-likeness (QED) is 0.301. The molecule has 1 aliphatic rings. The normalized spacial score (nSPS) is 27.0. The molecule has 1 aliphatic carbocycles. The van der Waals surface area contributed by atoms with Crippen LogP contribution in [0.4, 0.5) is 0 Å². The first-order chi connectivity index (χ1) is 5.96. The molecule has 0 aromatic heterocycles. The molecule has 1 unspecified atom stereocenters. The van der Waals surface area contributed by atoms with Gasteiger partial charge >= 0.3 is 5.97 Å². The number of Topliss-reactive ketones (excluding diaryl/α,β-unsaturated/α-hetero) is 1. The van der Waals surface area contributed by atoms with E-state index in [9.17, 15) is 9.59 Å². The minimum absolute atomic E-state index is 0.122. The number of methoxy groups -OCH3 is 1. The first-order valence-corrected chi connectivity index (χ1v) is 4.91. The zero-order valence-corrected chi connectivity index (χ0v) is 9.11. The second-order valence-electron chi connectivity index (χ2n) is 3.24. The van der Waals surface area contributed by atoms with Gasteiger partial charge in [-0.2, -0.15) is 25.3 Å². The molecule has 0 heterocycles. The third kappa shape index (κ3) is 2.64. The summed E-state index contributed by atoms with van der Waals surface area (Å²) in [5, 5.41) is 0. The lowest BCUT2D eigenvalue weighted by Crippen LogP contribution is -2.36. The molecule has 1 saturated carbocycles. The standard InChI is InChI=1S/C8H12O3S2/c1-11-7(10)5-2-3-8(12,13)4-6(5)9/h5,12-13H,2-4H2,1H3. The van der Waals surface area contributed by atoms with Crippen LogP contribution < -0.4 is 0 Å². The van der Waals surface area contributed by atoms with Crippen LogP contribution in [0.5, 0.6) is 0 Å². The van der Waals surface area contributed by atoms with E-state index in [2.05, 4.69) is 30.0 Å². The Morgan fingerprint density at radius 1 is 1.62 bits per heavy atom. The van der Waals surface area contributed by atoms with Crippen LogP contribution in [0.3, 0.4) is 0 Å². The van der Waals surface area contributed by atoms with Crippen molar-refractivity contribution in [1.29, 1.82) is 0 Å². The zero-order chi connectivity index (χ0) is 10.1. The van der Waals surface area contributed by atoms with E-state index in [1.54, 1.807) is 0 Å². The highest BCUT2D eigenvalue weighted by Crippen LogP contribution is 2.37. The second-order valence-corrected chi connectivity index (χ2v) is 5.30. The van der Waals surface area contributed by atoms with Gasteiger partial charge in [0, 0.05) is 6.42 Å². The van der Waals surface area contributed by atoms with Gasteiger partial charge < -0.3 is 4.74 Å². The average molecular weight is 220 g/mol. The van der Waals surface area contributed by atoms with Crippen LogP contribution >= 0.6 is 25.3 Å². The Hall–Kier alpha value is -0.160. The molecule has 0 N–H and O–H groups in total. The van der Waals surface area contributed by atoms with Crippen molar-refractivity contribution < 1.29 is 14.3 Å². The molecule has 74 valence electrons. The van der Waals surface area contributed by atoms with E-state index < -0.39 is 16.0 Å². The first kappa shape index (κ1) is 10.9. The highest BCUT2D eigenvalue weighted by molar-refractivity contribution is 8.00. The molecule has 0 amide bonds. The van der Waals surface area contributed by atoms with Gasteiger partial charge in [0.05, 0.1) is 11.2 Å². The lowest BCUT2D eigenvalue weighted by Gasteiger charge is -2.29. The van der Waals surface area contributed by atoms with Crippen molar-refractivity contribution in [2.45, 2.75) is 23.3 Å². The fourth-order valence-corrected chi connectivity index (χ4v) is 1.99. The molecule has 0 spiro atoms. The summed E-state index contributed by atoms with van der Waals surface area (Å²) in [6, 6.07) is 0. The summed E-state index contributed by atoms with van der Waals surface area (Å²) < 4.78 is 3.96. The van der Waals surface area contributed by atoms with Gasteiger partial charge in [-0.05, 0) is 12.8 Å².